The summed E-state index contributed by atoms with van der Waals surface area (Å²) >= 11 is 0. The molecule has 0 aromatic rings. The fourth-order valence-electron chi connectivity index (χ4n) is 7.54. The summed E-state index contributed by atoms with van der Waals surface area (Å²) in [5.41, 5.74) is -0.461. The molecular weight excluding hydrogens is 434 g/mol. The highest BCUT2D eigenvalue weighted by atomic mass is 28.4. The van der Waals surface area contributed by atoms with Crippen LogP contribution in [-0.2, 0) is 14.0 Å². The highest BCUT2D eigenvalue weighted by Gasteiger charge is 2.73. The first-order valence-corrected chi connectivity index (χ1v) is 15.6. The van der Waals surface area contributed by atoms with Crippen LogP contribution in [0, 0.1) is 38.7 Å². The lowest BCUT2D eigenvalue weighted by atomic mass is 9.49. The SMILES string of the molecule is CC1=C([N+](=O)[O-])C[C@H]2C(=O)[C@@]34O[C@H](C[C@]3(C)CCC[C@@H]4CO[Si](C)(C)C(C)(C)C)[C@@H]1C2(C)C. The molecule has 0 N–H and O–H groups in total. The van der Waals surface area contributed by atoms with Gasteiger partial charge in [0.25, 0.3) is 0 Å². The number of hydrogen-bond donors (Lipinski definition) is 0. The Morgan fingerprint density at radius 3 is 2.45 bits per heavy atom. The zero-order chi connectivity index (χ0) is 24.8. The predicted octanol–water partition coefficient (Wildman–Crippen LogP) is 6.14. The normalized spacial score (nSPS) is 40.5. The van der Waals surface area contributed by atoms with Crippen molar-refractivity contribution in [2.24, 2.45) is 28.6 Å². The van der Waals surface area contributed by atoms with Crippen molar-refractivity contribution in [3.05, 3.63) is 21.4 Å². The van der Waals surface area contributed by atoms with Gasteiger partial charge < -0.3 is 9.16 Å². The second-order valence-corrected chi connectivity index (χ2v) is 18.4. The molecule has 0 amide bonds. The van der Waals surface area contributed by atoms with Gasteiger partial charge in [-0.25, -0.2) is 0 Å². The van der Waals surface area contributed by atoms with E-state index >= 15 is 0 Å². The molecule has 0 aromatic heterocycles. The smallest absolute Gasteiger partial charge is 0.246 e. The van der Waals surface area contributed by atoms with Crippen LogP contribution in [0.15, 0.2) is 11.3 Å². The van der Waals surface area contributed by atoms with Gasteiger partial charge in [0.15, 0.2) is 14.1 Å². The number of nitrogens with zero attached hydrogens (tertiary/aromatic N) is 1. The molecule has 0 aromatic carbocycles. The van der Waals surface area contributed by atoms with Crippen LogP contribution in [0.2, 0.25) is 18.1 Å². The van der Waals surface area contributed by atoms with Crippen molar-refractivity contribution in [2.75, 3.05) is 6.61 Å². The molecule has 186 valence electrons. The minimum Gasteiger partial charge on any atom is -0.416 e. The summed E-state index contributed by atoms with van der Waals surface area (Å²) in [6.45, 7) is 20.2. The topological polar surface area (TPSA) is 78.7 Å². The molecule has 4 aliphatic rings. The maximum absolute atomic E-state index is 14.6. The van der Waals surface area contributed by atoms with E-state index in [0.717, 1.165) is 31.3 Å². The molecule has 6 nitrogen and oxygen atoms in total. The van der Waals surface area contributed by atoms with E-state index in [2.05, 4.69) is 54.6 Å². The molecule has 7 heteroatoms. The standard InChI is InChI=1S/C26H43NO5Si/c1-16-19(27(29)30)13-18-22(28)26-17(15-31-33(8,9)23(2,3)4)11-10-12-25(26,7)14-20(32-26)21(16)24(18,5)6/h17-18,20-21H,10-15H2,1-9H3/t17-,18+,20-,21-,25+,26-/m1/s1. The largest absolute Gasteiger partial charge is 0.416 e. The molecule has 0 unspecified atom stereocenters. The monoisotopic (exact) mass is 477 g/mol. The molecule has 1 spiro atoms. The van der Waals surface area contributed by atoms with Gasteiger partial charge in [0.1, 0.15) is 5.60 Å². The van der Waals surface area contributed by atoms with Crippen molar-refractivity contribution >= 4 is 14.1 Å². The fraction of sp³-hybridized carbons (Fsp3) is 0.885. The Morgan fingerprint density at radius 1 is 1.24 bits per heavy atom. The molecule has 2 aliphatic carbocycles. The van der Waals surface area contributed by atoms with Crippen LogP contribution in [0.25, 0.3) is 0 Å². The van der Waals surface area contributed by atoms with Gasteiger partial charge in [-0.15, -0.1) is 0 Å². The van der Waals surface area contributed by atoms with Crippen molar-refractivity contribution in [1.82, 2.24) is 0 Å². The number of carbonyl (C=O) groups excluding carboxylic acids is 1. The molecular formula is C26H43NO5Si. The molecule has 4 bridgehead atoms. The van der Waals surface area contributed by atoms with E-state index in [0.29, 0.717) is 6.61 Å². The maximum Gasteiger partial charge on any atom is 0.246 e. The first kappa shape index (κ1) is 25.1. The number of nitro groups is 1. The lowest BCUT2D eigenvalue weighted by Crippen LogP contribution is -2.62. The highest BCUT2D eigenvalue weighted by molar-refractivity contribution is 6.74. The lowest BCUT2D eigenvalue weighted by molar-refractivity contribution is -0.432. The zero-order valence-electron chi connectivity index (χ0n) is 22.0. The third kappa shape index (κ3) is 3.35. The van der Waals surface area contributed by atoms with Crippen LogP contribution in [0.4, 0.5) is 0 Å². The number of hydrogen-bond acceptors (Lipinski definition) is 5. The van der Waals surface area contributed by atoms with Gasteiger partial charge in [0.2, 0.25) is 5.70 Å². The molecule has 2 aliphatic heterocycles. The Balaban J connectivity index is 1.79. The van der Waals surface area contributed by atoms with Gasteiger partial charge in [-0.05, 0) is 49.7 Å². The third-order valence-electron chi connectivity index (χ3n) is 10.5. The molecule has 0 radical (unpaired) electrons. The van der Waals surface area contributed by atoms with Gasteiger partial charge >= 0.3 is 0 Å². The molecule has 33 heavy (non-hydrogen) atoms. The van der Waals surface area contributed by atoms with Crippen LogP contribution in [0.5, 0.6) is 0 Å². The Kier molecular flexibility index (Phi) is 5.67. The molecule has 1 saturated carbocycles. The zero-order valence-corrected chi connectivity index (χ0v) is 23.0. The van der Waals surface area contributed by atoms with Gasteiger partial charge in [0.05, 0.1) is 11.0 Å². The van der Waals surface area contributed by atoms with Gasteiger partial charge in [-0.3, -0.25) is 14.9 Å². The van der Waals surface area contributed by atoms with E-state index < -0.39 is 19.8 Å². The average Bonchev–Trinajstić information content (AvgIpc) is 2.96. The van der Waals surface area contributed by atoms with Crippen molar-refractivity contribution in [1.29, 1.82) is 0 Å². The summed E-state index contributed by atoms with van der Waals surface area (Å²) in [7, 11) is -1.99. The van der Waals surface area contributed by atoms with Gasteiger partial charge in [-0.1, -0.05) is 48.0 Å². The second kappa shape index (κ2) is 7.47. The molecule has 3 fully saturated rings. The lowest BCUT2D eigenvalue weighted by Gasteiger charge is -2.53. The van der Waals surface area contributed by atoms with Crippen molar-refractivity contribution < 1.29 is 18.9 Å². The number of fused-ring (bicyclic) bond motifs is 4. The first-order valence-electron chi connectivity index (χ1n) is 12.7. The van der Waals surface area contributed by atoms with E-state index in [1.54, 1.807) is 0 Å². The summed E-state index contributed by atoms with van der Waals surface area (Å²) in [4.78, 5) is 26.3. The molecule has 6 atom stereocenters. The van der Waals surface area contributed by atoms with E-state index in [4.69, 9.17) is 9.16 Å². The maximum atomic E-state index is 14.6. The average molecular weight is 478 g/mol. The Labute approximate surface area is 200 Å². The van der Waals surface area contributed by atoms with Crippen molar-refractivity contribution in [3.8, 4) is 0 Å². The van der Waals surface area contributed by atoms with Crippen molar-refractivity contribution in [2.45, 2.75) is 110 Å². The van der Waals surface area contributed by atoms with Gasteiger partial charge in [-0.2, -0.15) is 0 Å². The van der Waals surface area contributed by atoms with E-state index in [-0.39, 0.29) is 56.6 Å². The highest BCUT2D eigenvalue weighted by Crippen LogP contribution is 2.67. The number of ether oxygens (including phenoxy) is 1. The van der Waals surface area contributed by atoms with E-state index in [1.807, 2.05) is 6.92 Å². The Hall–Kier alpha value is -1.05. The van der Waals surface area contributed by atoms with Gasteiger partial charge in [0, 0.05) is 41.8 Å². The van der Waals surface area contributed by atoms with Crippen LogP contribution in [-0.4, -0.2) is 37.3 Å². The second-order valence-electron chi connectivity index (χ2n) is 13.6. The third-order valence-corrected chi connectivity index (χ3v) is 15.0. The molecule has 4 rings (SSSR count). The number of allylic oxidation sites excluding steroid dienone is 1. The number of carbonyl (C=O) groups is 1. The number of ketones is 1. The molecule has 2 saturated heterocycles. The predicted molar refractivity (Wildman–Crippen MR) is 131 cm³/mol. The van der Waals surface area contributed by atoms with Crippen LogP contribution in [0.3, 0.4) is 0 Å². The van der Waals surface area contributed by atoms with E-state index in [9.17, 15) is 14.9 Å². The van der Waals surface area contributed by atoms with Crippen LogP contribution >= 0.6 is 0 Å². The summed E-state index contributed by atoms with van der Waals surface area (Å²) in [6, 6.07) is 0. The fourth-order valence-corrected chi connectivity index (χ4v) is 8.59. The Morgan fingerprint density at radius 2 is 1.88 bits per heavy atom. The number of Topliss-reactive ketones (excluding diaryl/α,β-unsaturated/α-hetero) is 1. The van der Waals surface area contributed by atoms with E-state index in [1.165, 1.54) is 0 Å². The first-order chi connectivity index (χ1) is 15.0. The summed E-state index contributed by atoms with van der Waals surface area (Å²) < 4.78 is 13.7. The van der Waals surface area contributed by atoms with Crippen LogP contribution in [0.1, 0.15) is 80.6 Å². The minimum atomic E-state index is -1.99. The molecule has 2 heterocycles. The quantitative estimate of drug-likeness (QED) is 0.276. The number of rotatable bonds is 4. The van der Waals surface area contributed by atoms with Crippen molar-refractivity contribution in [3.63, 3.8) is 0 Å². The Bertz CT molecular complexity index is 903. The summed E-state index contributed by atoms with van der Waals surface area (Å²) in [6.07, 6.45) is 3.79. The minimum absolute atomic E-state index is 0.00242. The summed E-state index contributed by atoms with van der Waals surface area (Å²) in [5, 5.41) is 12.0. The summed E-state index contributed by atoms with van der Waals surface area (Å²) in [5.74, 6) is -0.401. The van der Waals surface area contributed by atoms with Crippen LogP contribution < -0.4 is 0 Å².